The molecule has 39 heavy (non-hydrogen) atoms. The van der Waals surface area contributed by atoms with Gasteiger partial charge >= 0.3 is 0 Å². The minimum atomic E-state index is -0.140. The van der Waals surface area contributed by atoms with E-state index in [1.807, 2.05) is 59.2 Å². The molecule has 0 spiro atoms. The van der Waals surface area contributed by atoms with Crippen molar-refractivity contribution >= 4 is 46.0 Å². The Bertz CT molecular complexity index is 1920. The number of allylic oxidation sites excluding steroid dienone is 1. The average molecular weight is 567 g/mol. The quantitative estimate of drug-likeness (QED) is 0.240. The molecule has 1 atom stereocenters. The highest BCUT2D eigenvalue weighted by Gasteiger charge is 2.33. The van der Waals surface area contributed by atoms with Crippen molar-refractivity contribution in [3.8, 4) is 5.75 Å². The van der Waals surface area contributed by atoms with Gasteiger partial charge in [-0.2, -0.15) is 0 Å². The van der Waals surface area contributed by atoms with Gasteiger partial charge < -0.3 is 4.74 Å². The molecule has 0 fully saturated rings. The number of thiazole rings is 1. The number of aryl methyl sites for hydroxylation is 1. The zero-order valence-corrected chi connectivity index (χ0v) is 23.2. The number of ether oxygens (including phenoxy) is 1. The van der Waals surface area contributed by atoms with E-state index in [0.29, 0.717) is 21.9 Å². The van der Waals surface area contributed by atoms with Gasteiger partial charge in [0.05, 0.1) is 16.3 Å². The van der Waals surface area contributed by atoms with Crippen LogP contribution in [0.25, 0.3) is 11.8 Å². The van der Waals surface area contributed by atoms with Gasteiger partial charge in [0.1, 0.15) is 12.4 Å². The molecule has 0 saturated carbocycles. The van der Waals surface area contributed by atoms with Crippen molar-refractivity contribution in [3.05, 3.63) is 148 Å². The van der Waals surface area contributed by atoms with Crippen molar-refractivity contribution in [3.63, 3.8) is 0 Å². The first-order valence-corrected chi connectivity index (χ1v) is 14.9. The molecule has 7 rings (SSSR count). The van der Waals surface area contributed by atoms with Crippen LogP contribution < -0.4 is 19.6 Å². The van der Waals surface area contributed by atoms with Crippen molar-refractivity contribution in [1.29, 1.82) is 0 Å². The first kappa shape index (κ1) is 24.3. The molecule has 1 aliphatic carbocycles. The molecule has 2 aliphatic rings. The molecule has 0 N–H and O–H groups in total. The normalized spacial score (nSPS) is 16.3. The Balaban J connectivity index is 1.35. The van der Waals surface area contributed by atoms with E-state index < -0.39 is 0 Å². The number of hydrogen-bond acceptors (Lipinski definition) is 5. The Morgan fingerprint density at radius 3 is 2.67 bits per heavy atom. The van der Waals surface area contributed by atoms with Gasteiger partial charge in [0.25, 0.3) is 5.56 Å². The van der Waals surface area contributed by atoms with Gasteiger partial charge in [0.2, 0.25) is 0 Å². The zero-order chi connectivity index (χ0) is 26.3. The van der Waals surface area contributed by atoms with Crippen LogP contribution in [0.1, 0.15) is 39.6 Å². The summed E-state index contributed by atoms with van der Waals surface area (Å²) in [4.78, 5) is 21.0. The SMILES string of the molecule is O=c1c(=Cc2ccccc2OCc2ccccc2Cl)sc2n1[C@H](c1cccs1)C1=C(N=2)c2ccccc2CC1. The maximum Gasteiger partial charge on any atom is 0.271 e. The molecule has 4 nitrogen and oxygen atoms in total. The molecule has 3 heterocycles. The monoisotopic (exact) mass is 566 g/mol. The van der Waals surface area contributed by atoms with Gasteiger partial charge in [-0.1, -0.05) is 89.7 Å². The molecule has 0 saturated heterocycles. The second-order valence-electron chi connectivity index (χ2n) is 9.55. The summed E-state index contributed by atoms with van der Waals surface area (Å²) in [5.41, 5.74) is 6.46. The van der Waals surface area contributed by atoms with Crippen LogP contribution in [0.15, 0.2) is 106 Å². The molecule has 0 unspecified atom stereocenters. The van der Waals surface area contributed by atoms with Crippen LogP contribution in [0, 0.1) is 0 Å². The van der Waals surface area contributed by atoms with Crippen molar-refractivity contribution in [1.82, 2.24) is 4.57 Å². The molecule has 7 heteroatoms. The van der Waals surface area contributed by atoms with E-state index in [0.717, 1.165) is 39.3 Å². The highest BCUT2D eigenvalue weighted by molar-refractivity contribution is 7.10. The largest absolute Gasteiger partial charge is 0.488 e. The first-order valence-electron chi connectivity index (χ1n) is 12.8. The van der Waals surface area contributed by atoms with Crippen LogP contribution in [-0.2, 0) is 13.0 Å². The Morgan fingerprint density at radius 1 is 0.974 bits per heavy atom. The number of halogens is 1. The summed E-state index contributed by atoms with van der Waals surface area (Å²) in [5.74, 6) is 0.700. The Hall–Kier alpha value is -3.71. The van der Waals surface area contributed by atoms with Gasteiger partial charge in [0.15, 0.2) is 4.80 Å². The molecule has 0 bridgehead atoms. The third-order valence-corrected chi connectivity index (χ3v) is 9.51. The van der Waals surface area contributed by atoms with E-state index in [1.54, 1.807) is 11.3 Å². The number of aromatic nitrogens is 1. The van der Waals surface area contributed by atoms with Crippen LogP contribution in [0.5, 0.6) is 5.75 Å². The summed E-state index contributed by atoms with van der Waals surface area (Å²) in [6, 6.07) is 28.0. The molecule has 0 radical (unpaired) electrons. The van der Waals surface area contributed by atoms with E-state index in [4.69, 9.17) is 21.3 Å². The molecule has 5 aromatic rings. The second kappa shape index (κ2) is 10.1. The van der Waals surface area contributed by atoms with Crippen molar-refractivity contribution < 1.29 is 4.74 Å². The summed E-state index contributed by atoms with van der Waals surface area (Å²) in [6.45, 7) is 0.344. The lowest BCUT2D eigenvalue weighted by molar-refractivity contribution is 0.305. The first-order chi connectivity index (χ1) is 19.2. The van der Waals surface area contributed by atoms with Crippen LogP contribution in [0.4, 0.5) is 0 Å². The lowest BCUT2D eigenvalue weighted by Gasteiger charge is -2.30. The fourth-order valence-electron chi connectivity index (χ4n) is 5.36. The Labute approximate surface area is 238 Å². The smallest absolute Gasteiger partial charge is 0.271 e. The lowest BCUT2D eigenvalue weighted by atomic mass is 9.85. The molecule has 192 valence electrons. The predicted molar refractivity (Wildman–Crippen MR) is 159 cm³/mol. The van der Waals surface area contributed by atoms with E-state index in [1.165, 1.54) is 28.0 Å². The summed E-state index contributed by atoms with van der Waals surface area (Å²) in [5, 5.41) is 2.75. The maximum atomic E-state index is 14.0. The standard InChI is InChI=1S/C32H23ClN2O2S2/c33-25-12-5-2-10-22(25)19-37-26-13-6-3-9-21(26)18-28-31(36)35-30(27-14-7-17-38-27)24-16-15-20-8-1-4-11-23(20)29(24)34-32(35)39-28/h1-14,17-18,30H,15-16,19H2/t30-/m0/s1. The van der Waals surface area contributed by atoms with Crippen LogP contribution in [-0.4, -0.2) is 4.57 Å². The van der Waals surface area contributed by atoms with E-state index in [2.05, 4.69) is 41.8 Å². The topological polar surface area (TPSA) is 43.6 Å². The summed E-state index contributed by atoms with van der Waals surface area (Å²) in [6.07, 6.45) is 3.77. The molecule has 1 aliphatic heterocycles. The number of benzene rings is 3. The van der Waals surface area contributed by atoms with Crippen molar-refractivity contribution in [2.24, 2.45) is 4.99 Å². The number of fused-ring (bicyclic) bond motifs is 3. The number of nitrogens with zero attached hydrogens (tertiary/aromatic N) is 2. The lowest BCUT2D eigenvalue weighted by Crippen LogP contribution is -2.38. The predicted octanol–water partition coefficient (Wildman–Crippen LogP) is 6.61. The van der Waals surface area contributed by atoms with Crippen LogP contribution in [0.3, 0.4) is 0 Å². The highest BCUT2D eigenvalue weighted by atomic mass is 35.5. The average Bonchev–Trinajstić information content (AvgIpc) is 3.60. The van der Waals surface area contributed by atoms with Gasteiger partial charge in [-0.05, 0) is 53.6 Å². The fourth-order valence-corrected chi connectivity index (χ4v) is 7.39. The molecule has 0 amide bonds. The maximum absolute atomic E-state index is 14.0. The van der Waals surface area contributed by atoms with Gasteiger partial charge in [0, 0.05) is 26.6 Å². The number of rotatable bonds is 5. The van der Waals surface area contributed by atoms with Crippen molar-refractivity contribution in [2.45, 2.75) is 25.5 Å². The van der Waals surface area contributed by atoms with E-state index >= 15 is 0 Å². The van der Waals surface area contributed by atoms with E-state index in [9.17, 15) is 4.79 Å². The zero-order valence-electron chi connectivity index (χ0n) is 20.8. The van der Waals surface area contributed by atoms with Crippen LogP contribution in [0.2, 0.25) is 5.02 Å². The molecular formula is C32H23ClN2O2S2. The summed E-state index contributed by atoms with van der Waals surface area (Å²) < 4.78 is 8.69. The molecular weight excluding hydrogens is 544 g/mol. The Kier molecular flexibility index (Phi) is 6.31. The van der Waals surface area contributed by atoms with Gasteiger partial charge in [-0.25, -0.2) is 4.99 Å². The minimum absolute atomic E-state index is 0.0246. The van der Waals surface area contributed by atoms with Crippen LogP contribution >= 0.6 is 34.3 Å². The summed E-state index contributed by atoms with van der Waals surface area (Å²) >= 11 is 9.46. The van der Waals surface area contributed by atoms with E-state index in [-0.39, 0.29) is 11.6 Å². The number of thiophene rings is 1. The third-order valence-electron chi connectivity index (χ3n) is 7.23. The van der Waals surface area contributed by atoms with Crippen molar-refractivity contribution in [2.75, 3.05) is 0 Å². The fraction of sp³-hybridized carbons (Fsp3) is 0.125. The highest BCUT2D eigenvalue weighted by Crippen LogP contribution is 2.42. The minimum Gasteiger partial charge on any atom is -0.488 e. The van der Waals surface area contributed by atoms with Gasteiger partial charge in [-0.3, -0.25) is 9.36 Å². The third kappa shape index (κ3) is 4.39. The second-order valence-corrected chi connectivity index (χ2v) is 11.9. The molecule has 2 aromatic heterocycles. The summed E-state index contributed by atoms with van der Waals surface area (Å²) in [7, 11) is 0. The molecule has 3 aromatic carbocycles. The number of para-hydroxylation sites is 1. The Morgan fingerprint density at radius 2 is 1.79 bits per heavy atom. The number of hydrogen-bond donors (Lipinski definition) is 0. The van der Waals surface area contributed by atoms with Gasteiger partial charge in [-0.15, -0.1) is 11.3 Å².